The Balaban J connectivity index is 2.09. The van der Waals surface area contributed by atoms with Crippen molar-refractivity contribution in [2.24, 2.45) is 5.73 Å². The summed E-state index contributed by atoms with van der Waals surface area (Å²) in [6.07, 6.45) is 1.69. The van der Waals surface area contributed by atoms with E-state index in [1.807, 2.05) is 24.3 Å². The van der Waals surface area contributed by atoms with E-state index in [4.69, 9.17) is 5.73 Å². The highest BCUT2D eigenvalue weighted by atomic mass is 16.1. The lowest BCUT2D eigenvalue weighted by atomic mass is 10.1. The summed E-state index contributed by atoms with van der Waals surface area (Å²) in [5.41, 5.74) is 7.74. The van der Waals surface area contributed by atoms with Crippen molar-refractivity contribution in [1.29, 1.82) is 0 Å². The Morgan fingerprint density at radius 1 is 1.26 bits per heavy atom. The van der Waals surface area contributed by atoms with Gasteiger partial charge >= 0.3 is 0 Å². The molecule has 4 N–H and O–H groups in total. The van der Waals surface area contributed by atoms with E-state index in [1.54, 1.807) is 12.3 Å². The van der Waals surface area contributed by atoms with Gasteiger partial charge in [0, 0.05) is 29.4 Å². The molecule has 0 atom stereocenters. The van der Waals surface area contributed by atoms with Crippen LogP contribution in [0.25, 0.3) is 21.8 Å². The molecule has 2 aromatic heterocycles. The maximum Gasteiger partial charge on any atom is 0.269 e. The van der Waals surface area contributed by atoms with Crippen molar-refractivity contribution in [2.45, 2.75) is 0 Å². The summed E-state index contributed by atoms with van der Waals surface area (Å²) < 4.78 is 0. The molecule has 0 radical (unpaired) electrons. The quantitative estimate of drug-likeness (QED) is 0.660. The molecule has 0 saturated heterocycles. The first-order valence-electron chi connectivity index (χ1n) is 6.14. The summed E-state index contributed by atoms with van der Waals surface area (Å²) >= 11 is 0. The molecule has 0 aliphatic heterocycles. The first-order valence-corrected chi connectivity index (χ1v) is 6.14. The van der Waals surface area contributed by atoms with Gasteiger partial charge in [-0.05, 0) is 12.1 Å². The van der Waals surface area contributed by atoms with Crippen LogP contribution in [-0.4, -0.2) is 29.0 Å². The molecule has 0 fully saturated rings. The topological polar surface area (TPSA) is 83.8 Å². The summed E-state index contributed by atoms with van der Waals surface area (Å²) in [5.74, 6) is -0.197. The molecule has 3 rings (SSSR count). The number of hydrogen-bond donors (Lipinski definition) is 3. The highest BCUT2D eigenvalue weighted by Gasteiger charge is 2.10. The monoisotopic (exact) mass is 254 g/mol. The Bertz CT molecular complexity index is 747. The van der Waals surface area contributed by atoms with E-state index in [-0.39, 0.29) is 5.91 Å². The van der Waals surface area contributed by atoms with E-state index in [2.05, 4.69) is 15.3 Å². The number of carbonyl (C=O) groups excluding carboxylic acids is 1. The summed E-state index contributed by atoms with van der Waals surface area (Å²) in [6.45, 7) is 0.869. The van der Waals surface area contributed by atoms with Gasteiger partial charge in [-0.3, -0.25) is 4.79 Å². The largest absolute Gasteiger partial charge is 0.353 e. The van der Waals surface area contributed by atoms with Crippen molar-refractivity contribution in [3.05, 3.63) is 42.2 Å². The molecule has 1 aromatic carbocycles. The van der Waals surface area contributed by atoms with Crippen LogP contribution < -0.4 is 11.1 Å². The fraction of sp³-hybridized carbons (Fsp3) is 0.143. The number of nitrogens with zero attached hydrogens (tertiary/aromatic N) is 1. The van der Waals surface area contributed by atoms with Crippen molar-refractivity contribution in [2.75, 3.05) is 13.1 Å². The van der Waals surface area contributed by atoms with Crippen molar-refractivity contribution in [3.63, 3.8) is 0 Å². The molecule has 0 aliphatic rings. The molecule has 1 amide bonds. The predicted octanol–water partition coefficient (Wildman–Crippen LogP) is 1.40. The molecule has 5 heteroatoms. The third-order valence-corrected chi connectivity index (χ3v) is 3.05. The first-order chi connectivity index (χ1) is 9.29. The number of aromatic nitrogens is 2. The fourth-order valence-electron chi connectivity index (χ4n) is 2.15. The molecule has 19 heavy (non-hydrogen) atoms. The predicted molar refractivity (Wildman–Crippen MR) is 75.0 cm³/mol. The van der Waals surface area contributed by atoms with Crippen LogP contribution in [0.2, 0.25) is 0 Å². The number of nitrogens with two attached hydrogens (primary N) is 1. The maximum atomic E-state index is 11.9. The standard InChI is InChI=1S/C14H14N4O/c15-5-6-16-14(19)12-7-10-9-3-1-2-4-11(9)18-13(10)8-17-12/h1-4,7-8,18H,5-6,15H2,(H,16,19). The van der Waals surface area contributed by atoms with Gasteiger partial charge < -0.3 is 16.0 Å². The summed E-state index contributed by atoms with van der Waals surface area (Å²) in [5, 5.41) is 4.81. The minimum atomic E-state index is -0.197. The van der Waals surface area contributed by atoms with Gasteiger partial charge in [-0.2, -0.15) is 0 Å². The van der Waals surface area contributed by atoms with Crippen LogP contribution in [0.4, 0.5) is 0 Å². The SMILES string of the molecule is NCCNC(=O)c1cc2c(cn1)[nH]c1ccccc12. The van der Waals surface area contributed by atoms with Gasteiger partial charge in [0.2, 0.25) is 0 Å². The summed E-state index contributed by atoms with van der Waals surface area (Å²) in [6, 6.07) is 9.78. The highest BCUT2D eigenvalue weighted by Crippen LogP contribution is 2.24. The summed E-state index contributed by atoms with van der Waals surface area (Å²) in [4.78, 5) is 19.3. The third-order valence-electron chi connectivity index (χ3n) is 3.05. The number of amides is 1. The van der Waals surface area contributed by atoms with Crippen molar-refractivity contribution < 1.29 is 4.79 Å². The second-order valence-electron chi connectivity index (χ2n) is 4.33. The maximum absolute atomic E-state index is 11.9. The molecule has 2 heterocycles. The summed E-state index contributed by atoms with van der Waals surface area (Å²) in [7, 11) is 0. The van der Waals surface area contributed by atoms with E-state index >= 15 is 0 Å². The van der Waals surface area contributed by atoms with Gasteiger partial charge in [-0.25, -0.2) is 4.98 Å². The molecular weight excluding hydrogens is 240 g/mol. The smallest absolute Gasteiger partial charge is 0.269 e. The Labute approximate surface area is 109 Å². The zero-order valence-electron chi connectivity index (χ0n) is 10.3. The molecular formula is C14H14N4O. The van der Waals surface area contributed by atoms with Crippen molar-refractivity contribution >= 4 is 27.7 Å². The Morgan fingerprint density at radius 2 is 2.11 bits per heavy atom. The number of H-pyrrole nitrogens is 1. The van der Waals surface area contributed by atoms with Crippen LogP contribution in [0.3, 0.4) is 0 Å². The number of aromatic amines is 1. The van der Waals surface area contributed by atoms with Crippen LogP contribution in [-0.2, 0) is 0 Å². The molecule has 0 saturated carbocycles. The number of rotatable bonds is 3. The molecule has 96 valence electrons. The number of fused-ring (bicyclic) bond motifs is 3. The van der Waals surface area contributed by atoms with Crippen LogP contribution >= 0.6 is 0 Å². The van der Waals surface area contributed by atoms with Gasteiger partial charge in [0.25, 0.3) is 5.91 Å². The third kappa shape index (κ3) is 2.04. The number of carbonyl (C=O) groups is 1. The second kappa shape index (κ2) is 4.70. The Morgan fingerprint density at radius 3 is 2.95 bits per heavy atom. The molecule has 0 bridgehead atoms. The zero-order chi connectivity index (χ0) is 13.2. The average molecular weight is 254 g/mol. The lowest BCUT2D eigenvalue weighted by Crippen LogP contribution is -2.29. The van der Waals surface area contributed by atoms with E-state index < -0.39 is 0 Å². The lowest BCUT2D eigenvalue weighted by molar-refractivity contribution is 0.0950. The average Bonchev–Trinajstić information content (AvgIpc) is 2.82. The number of hydrogen-bond acceptors (Lipinski definition) is 3. The minimum Gasteiger partial charge on any atom is -0.353 e. The molecule has 3 aromatic rings. The molecule has 5 nitrogen and oxygen atoms in total. The van der Waals surface area contributed by atoms with Gasteiger partial charge in [0.15, 0.2) is 0 Å². The Hall–Kier alpha value is -2.40. The van der Waals surface area contributed by atoms with Crippen LogP contribution in [0.1, 0.15) is 10.5 Å². The second-order valence-corrected chi connectivity index (χ2v) is 4.33. The number of para-hydroxylation sites is 1. The van der Waals surface area contributed by atoms with Crippen LogP contribution in [0.15, 0.2) is 36.5 Å². The minimum absolute atomic E-state index is 0.197. The van der Waals surface area contributed by atoms with Crippen LogP contribution in [0, 0.1) is 0 Å². The number of pyridine rings is 1. The van der Waals surface area contributed by atoms with E-state index in [0.29, 0.717) is 18.8 Å². The highest BCUT2D eigenvalue weighted by molar-refractivity contribution is 6.09. The van der Waals surface area contributed by atoms with Gasteiger partial charge in [-0.1, -0.05) is 18.2 Å². The van der Waals surface area contributed by atoms with Crippen molar-refractivity contribution in [1.82, 2.24) is 15.3 Å². The molecule has 0 unspecified atom stereocenters. The first kappa shape index (κ1) is 11.7. The van der Waals surface area contributed by atoms with E-state index in [1.165, 1.54) is 0 Å². The number of nitrogens with one attached hydrogen (secondary N) is 2. The van der Waals surface area contributed by atoms with E-state index in [9.17, 15) is 4.79 Å². The normalized spacial score (nSPS) is 11.0. The van der Waals surface area contributed by atoms with E-state index in [0.717, 1.165) is 21.8 Å². The van der Waals surface area contributed by atoms with Gasteiger partial charge in [0.05, 0.1) is 11.7 Å². The lowest BCUT2D eigenvalue weighted by Gasteiger charge is -2.02. The molecule has 0 aliphatic carbocycles. The Kier molecular flexibility index (Phi) is 2.89. The van der Waals surface area contributed by atoms with Gasteiger partial charge in [-0.15, -0.1) is 0 Å². The zero-order valence-corrected chi connectivity index (χ0v) is 10.3. The fourth-order valence-corrected chi connectivity index (χ4v) is 2.15. The van der Waals surface area contributed by atoms with Crippen molar-refractivity contribution in [3.8, 4) is 0 Å². The van der Waals surface area contributed by atoms with Crippen LogP contribution in [0.5, 0.6) is 0 Å². The van der Waals surface area contributed by atoms with Gasteiger partial charge in [0.1, 0.15) is 5.69 Å². The molecule has 0 spiro atoms. The number of benzene rings is 1.